The van der Waals surface area contributed by atoms with Crippen molar-refractivity contribution in [2.24, 2.45) is 0 Å². The van der Waals surface area contributed by atoms with Gasteiger partial charge in [0.25, 0.3) is 0 Å². The van der Waals surface area contributed by atoms with E-state index >= 15 is 0 Å². The van der Waals surface area contributed by atoms with Crippen LogP contribution in [0.3, 0.4) is 0 Å². The molecule has 1 aromatic carbocycles. The fourth-order valence-corrected chi connectivity index (χ4v) is 2.12. The zero-order valence-electron chi connectivity index (χ0n) is 12.8. The largest absolute Gasteiger partial charge is 0.497 e. The van der Waals surface area contributed by atoms with E-state index in [0.717, 1.165) is 0 Å². The van der Waals surface area contributed by atoms with Gasteiger partial charge in [0, 0.05) is 18.5 Å². The summed E-state index contributed by atoms with van der Waals surface area (Å²) < 4.78 is 12.0. The quantitative estimate of drug-likeness (QED) is 0.649. The molecule has 2 aromatic heterocycles. The Morgan fingerprint density at radius 3 is 2.79 bits per heavy atom. The number of carboxylic acid groups (broad SMARTS) is 1. The predicted octanol–water partition coefficient (Wildman–Crippen LogP) is 1.97. The van der Waals surface area contributed by atoms with Crippen LogP contribution in [0, 0.1) is 0 Å². The first kappa shape index (κ1) is 15.3. The van der Waals surface area contributed by atoms with Gasteiger partial charge in [-0.3, -0.25) is 9.72 Å². The molecule has 0 fully saturated rings. The van der Waals surface area contributed by atoms with Gasteiger partial charge in [0.05, 0.1) is 19.9 Å². The first-order valence-electron chi connectivity index (χ1n) is 6.81. The molecule has 0 aliphatic carbocycles. The Morgan fingerprint density at radius 2 is 2.08 bits per heavy atom. The molecule has 2 heterocycles. The molecule has 1 amide bonds. The second-order valence-electron chi connectivity index (χ2n) is 4.61. The lowest BCUT2D eigenvalue weighted by atomic mass is 10.2. The van der Waals surface area contributed by atoms with Crippen molar-refractivity contribution in [2.45, 2.75) is 0 Å². The number of nitrogens with zero attached hydrogens (tertiary/aromatic N) is 4. The van der Waals surface area contributed by atoms with Gasteiger partial charge >= 0.3 is 6.09 Å². The number of anilines is 3. The van der Waals surface area contributed by atoms with Crippen LogP contribution in [0.25, 0.3) is 5.65 Å². The number of fused-ring (bicyclic) bond motifs is 1. The fraction of sp³-hybridized carbons (Fsp3) is 0.143. The SMILES string of the molecule is COc1ccc(Nc2nccn3c(NC(=O)O)nnc23)c(OC)c1. The summed E-state index contributed by atoms with van der Waals surface area (Å²) in [6.45, 7) is 0. The van der Waals surface area contributed by atoms with E-state index in [0.29, 0.717) is 28.7 Å². The highest BCUT2D eigenvalue weighted by molar-refractivity contribution is 5.82. The highest BCUT2D eigenvalue weighted by Crippen LogP contribution is 2.31. The summed E-state index contributed by atoms with van der Waals surface area (Å²) in [5.41, 5.74) is 1.01. The summed E-state index contributed by atoms with van der Waals surface area (Å²) in [6.07, 6.45) is 1.83. The molecule has 0 aliphatic rings. The molecule has 0 unspecified atom stereocenters. The van der Waals surface area contributed by atoms with E-state index in [2.05, 4.69) is 25.8 Å². The Kier molecular flexibility index (Phi) is 4.01. The summed E-state index contributed by atoms with van der Waals surface area (Å²) in [5, 5.41) is 21.8. The van der Waals surface area contributed by atoms with Gasteiger partial charge in [0.2, 0.25) is 11.6 Å². The molecule has 3 N–H and O–H groups in total. The molecule has 0 aliphatic heterocycles. The normalized spacial score (nSPS) is 10.4. The molecular formula is C14H14N6O4. The van der Waals surface area contributed by atoms with E-state index in [4.69, 9.17) is 14.6 Å². The van der Waals surface area contributed by atoms with Crippen LogP contribution >= 0.6 is 0 Å². The Balaban J connectivity index is 1.99. The molecule has 0 spiro atoms. The van der Waals surface area contributed by atoms with Gasteiger partial charge in [0.1, 0.15) is 11.5 Å². The number of benzene rings is 1. The summed E-state index contributed by atoms with van der Waals surface area (Å²) in [6, 6.07) is 5.27. The summed E-state index contributed by atoms with van der Waals surface area (Å²) >= 11 is 0. The van der Waals surface area contributed by atoms with E-state index in [1.54, 1.807) is 38.6 Å². The molecule has 24 heavy (non-hydrogen) atoms. The topological polar surface area (TPSA) is 123 Å². The zero-order valence-corrected chi connectivity index (χ0v) is 12.8. The lowest BCUT2D eigenvalue weighted by Gasteiger charge is -2.12. The highest BCUT2D eigenvalue weighted by atomic mass is 16.5. The number of methoxy groups -OCH3 is 2. The molecular weight excluding hydrogens is 316 g/mol. The lowest BCUT2D eigenvalue weighted by molar-refractivity contribution is 0.209. The van der Waals surface area contributed by atoms with E-state index in [-0.39, 0.29) is 5.95 Å². The van der Waals surface area contributed by atoms with Gasteiger partial charge in [0.15, 0.2) is 5.82 Å². The summed E-state index contributed by atoms with van der Waals surface area (Å²) in [7, 11) is 3.11. The minimum absolute atomic E-state index is 0.0737. The number of carbonyl (C=O) groups is 1. The summed E-state index contributed by atoms with van der Waals surface area (Å²) in [5.74, 6) is 1.68. The van der Waals surface area contributed by atoms with Crippen LogP contribution in [0.2, 0.25) is 0 Å². The third kappa shape index (κ3) is 2.84. The maximum Gasteiger partial charge on any atom is 0.411 e. The van der Waals surface area contributed by atoms with Gasteiger partial charge in [-0.25, -0.2) is 9.78 Å². The predicted molar refractivity (Wildman–Crippen MR) is 85.3 cm³/mol. The van der Waals surface area contributed by atoms with Gasteiger partial charge in [-0.15, -0.1) is 10.2 Å². The molecule has 0 saturated carbocycles. The van der Waals surface area contributed by atoms with E-state index in [1.165, 1.54) is 10.6 Å². The molecule has 3 aromatic rings. The van der Waals surface area contributed by atoms with Crippen LogP contribution in [0.4, 0.5) is 22.2 Å². The smallest absolute Gasteiger partial charge is 0.411 e. The highest BCUT2D eigenvalue weighted by Gasteiger charge is 2.14. The third-order valence-corrected chi connectivity index (χ3v) is 3.21. The molecule has 0 atom stereocenters. The van der Waals surface area contributed by atoms with E-state index in [9.17, 15) is 4.79 Å². The maximum atomic E-state index is 10.8. The average molecular weight is 330 g/mol. The molecule has 124 valence electrons. The third-order valence-electron chi connectivity index (χ3n) is 3.21. The van der Waals surface area contributed by atoms with Crippen molar-refractivity contribution in [1.82, 2.24) is 19.6 Å². The van der Waals surface area contributed by atoms with Crippen molar-refractivity contribution >= 4 is 29.2 Å². The maximum absolute atomic E-state index is 10.8. The van der Waals surface area contributed by atoms with Crippen molar-refractivity contribution < 1.29 is 19.4 Å². The molecule has 10 nitrogen and oxygen atoms in total. The second-order valence-corrected chi connectivity index (χ2v) is 4.61. The molecule has 0 saturated heterocycles. The number of rotatable bonds is 5. The Labute approximate surface area is 136 Å². The summed E-state index contributed by atoms with van der Waals surface area (Å²) in [4.78, 5) is 15.0. The number of amides is 1. The van der Waals surface area contributed by atoms with Crippen LogP contribution in [0.15, 0.2) is 30.6 Å². The average Bonchev–Trinajstić information content (AvgIpc) is 2.98. The van der Waals surface area contributed by atoms with Crippen molar-refractivity contribution in [2.75, 3.05) is 24.9 Å². The minimum atomic E-state index is -1.23. The number of hydrogen-bond donors (Lipinski definition) is 3. The molecule has 0 radical (unpaired) electrons. The first-order chi connectivity index (χ1) is 11.6. The van der Waals surface area contributed by atoms with Gasteiger partial charge in [-0.1, -0.05) is 0 Å². The van der Waals surface area contributed by atoms with Gasteiger partial charge < -0.3 is 19.9 Å². The van der Waals surface area contributed by atoms with Crippen molar-refractivity contribution in [1.29, 1.82) is 0 Å². The monoisotopic (exact) mass is 330 g/mol. The molecule has 0 bridgehead atoms. The van der Waals surface area contributed by atoms with Crippen molar-refractivity contribution in [3.05, 3.63) is 30.6 Å². The van der Waals surface area contributed by atoms with Crippen molar-refractivity contribution in [3.63, 3.8) is 0 Å². The Bertz CT molecular complexity index is 894. The molecule has 10 heteroatoms. The van der Waals surface area contributed by atoms with Crippen LogP contribution in [0.5, 0.6) is 11.5 Å². The van der Waals surface area contributed by atoms with Crippen LogP contribution in [-0.2, 0) is 0 Å². The molecule has 3 rings (SSSR count). The minimum Gasteiger partial charge on any atom is -0.497 e. The van der Waals surface area contributed by atoms with Crippen molar-refractivity contribution in [3.8, 4) is 11.5 Å². The van der Waals surface area contributed by atoms with Gasteiger partial charge in [-0.05, 0) is 12.1 Å². The number of hydrogen-bond acceptors (Lipinski definition) is 7. The number of nitrogens with one attached hydrogen (secondary N) is 2. The first-order valence-corrected chi connectivity index (χ1v) is 6.81. The van der Waals surface area contributed by atoms with Crippen LogP contribution < -0.4 is 20.1 Å². The Morgan fingerprint density at radius 1 is 1.25 bits per heavy atom. The van der Waals surface area contributed by atoms with Crippen LogP contribution in [-0.4, -0.2) is 45.0 Å². The van der Waals surface area contributed by atoms with E-state index < -0.39 is 6.09 Å². The zero-order chi connectivity index (χ0) is 17.1. The second kappa shape index (κ2) is 6.28. The standard InChI is InChI=1S/C14H14N6O4/c1-23-8-3-4-9(10(7-8)24-2)16-11-12-18-19-13(17-14(21)22)20(12)6-5-15-11/h3-7H,1-2H3,(H,15,16)(H,17,19)(H,21,22). The fourth-order valence-electron chi connectivity index (χ4n) is 2.12. The Hall–Kier alpha value is -3.56. The van der Waals surface area contributed by atoms with Gasteiger partial charge in [-0.2, -0.15) is 0 Å². The number of aromatic nitrogens is 4. The van der Waals surface area contributed by atoms with E-state index in [1.807, 2.05) is 0 Å². The van der Waals surface area contributed by atoms with Crippen LogP contribution in [0.1, 0.15) is 0 Å². The lowest BCUT2D eigenvalue weighted by Crippen LogP contribution is -2.10. The number of ether oxygens (including phenoxy) is 2.